The Morgan fingerprint density at radius 2 is 1.40 bits per heavy atom. The maximum absolute atomic E-state index is 14.0. The zero-order valence-electron chi connectivity index (χ0n) is 23.6. The summed E-state index contributed by atoms with van der Waals surface area (Å²) in [6.45, 7) is 5.31. The van der Waals surface area contributed by atoms with Crippen LogP contribution < -0.4 is 0 Å². The Morgan fingerprint density at radius 3 is 1.96 bits per heavy atom. The molecule has 2 aromatic rings. The van der Waals surface area contributed by atoms with E-state index in [9.17, 15) is 14.4 Å². The molecule has 9 rings (SSSR count). The predicted octanol–water partition coefficient (Wildman–Crippen LogP) is 6.23. The van der Waals surface area contributed by atoms with E-state index < -0.39 is 0 Å². The van der Waals surface area contributed by atoms with E-state index in [1.54, 1.807) is 50.2 Å². The zero-order valence-corrected chi connectivity index (χ0v) is 28.5. The number of hydrogen-bond acceptors (Lipinski definition) is 10. The number of thioether (sulfide) groups is 2. The highest BCUT2D eigenvalue weighted by molar-refractivity contribution is 8.27. The molecule has 0 aromatic carbocycles. The van der Waals surface area contributed by atoms with E-state index in [2.05, 4.69) is 24.0 Å². The van der Waals surface area contributed by atoms with Crippen LogP contribution in [0.3, 0.4) is 0 Å². The first-order chi connectivity index (χ1) is 21.8. The summed E-state index contributed by atoms with van der Waals surface area (Å²) in [5.74, 6) is -0.541. The number of ether oxygens (including phenoxy) is 1. The molecule has 2 atom stereocenters. The fourth-order valence-electron chi connectivity index (χ4n) is 6.32. The number of likely N-dealkylation sites (N-methyl/N-ethyl adjacent to an activating group) is 2. The average molecular weight is 705 g/mol. The first-order valence-corrected chi connectivity index (χ1v) is 18.3. The SMILES string of the molecule is CCN1C(=O)/C(=C/c2cc3c(s2)C2=C4C(=O)N5C=Cc6cc(/C=C7\SC(=S)N(CC)C8OC78)sc6C5=C4C(=O)N2C=C3)SC1=S. The van der Waals surface area contributed by atoms with Crippen LogP contribution in [0.2, 0.25) is 0 Å². The lowest BCUT2D eigenvalue weighted by molar-refractivity contribution is -0.122. The third kappa shape index (κ3) is 3.96. The smallest absolute Gasteiger partial charge is 0.266 e. The van der Waals surface area contributed by atoms with Crippen LogP contribution in [0.25, 0.3) is 35.7 Å². The minimum absolute atomic E-state index is 0.00728. The van der Waals surface area contributed by atoms with E-state index in [1.165, 1.54) is 23.1 Å². The molecule has 0 radical (unpaired) electrons. The average Bonchev–Trinajstić information content (AvgIpc) is 3.26. The summed E-state index contributed by atoms with van der Waals surface area (Å²) in [5.41, 5.74) is 3.94. The fraction of sp³-hybridized carbons (Fsp3) is 0.194. The first kappa shape index (κ1) is 28.1. The van der Waals surface area contributed by atoms with E-state index >= 15 is 0 Å². The monoisotopic (exact) mass is 704 g/mol. The van der Waals surface area contributed by atoms with Gasteiger partial charge in [0.05, 0.1) is 37.2 Å². The zero-order chi connectivity index (χ0) is 30.9. The van der Waals surface area contributed by atoms with Gasteiger partial charge < -0.3 is 9.64 Å². The van der Waals surface area contributed by atoms with Crippen molar-refractivity contribution in [3.05, 3.63) is 76.1 Å². The molecular weight excluding hydrogens is 685 g/mol. The second-order valence-corrected chi connectivity index (χ2v) is 16.4. The molecule has 3 amide bonds. The Hall–Kier alpha value is -3.11. The second-order valence-electron chi connectivity index (χ2n) is 10.9. The van der Waals surface area contributed by atoms with Crippen LogP contribution in [0.4, 0.5) is 0 Å². The molecule has 2 aromatic heterocycles. The molecular formula is C31H20N4O4S6. The predicted molar refractivity (Wildman–Crippen MR) is 189 cm³/mol. The Bertz CT molecular complexity index is 2060. The third-order valence-electron chi connectivity index (χ3n) is 8.45. The minimum atomic E-state index is -0.219. The van der Waals surface area contributed by atoms with E-state index in [-0.39, 0.29) is 30.1 Å². The lowest BCUT2D eigenvalue weighted by Gasteiger charge is -2.25. The van der Waals surface area contributed by atoms with Gasteiger partial charge in [-0.2, -0.15) is 0 Å². The summed E-state index contributed by atoms with van der Waals surface area (Å²) in [5, 5.41) is 0. The van der Waals surface area contributed by atoms with E-state index in [0.29, 0.717) is 38.3 Å². The number of rotatable bonds is 4. The second kappa shape index (κ2) is 9.94. The van der Waals surface area contributed by atoms with E-state index in [1.807, 2.05) is 31.2 Å². The van der Waals surface area contributed by atoms with Gasteiger partial charge in [0.15, 0.2) is 6.23 Å². The van der Waals surface area contributed by atoms with Crippen molar-refractivity contribution in [1.82, 2.24) is 19.6 Å². The summed E-state index contributed by atoms with van der Waals surface area (Å²) in [6, 6.07) is 4.08. The highest BCUT2D eigenvalue weighted by Crippen LogP contribution is 2.54. The maximum atomic E-state index is 14.0. The molecule has 7 aliphatic heterocycles. The highest BCUT2D eigenvalue weighted by atomic mass is 32.2. The van der Waals surface area contributed by atoms with Gasteiger partial charge in [0.25, 0.3) is 17.7 Å². The van der Waals surface area contributed by atoms with Crippen molar-refractivity contribution in [1.29, 1.82) is 0 Å². The van der Waals surface area contributed by atoms with Crippen molar-refractivity contribution < 1.29 is 19.1 Å². The van der Waals surface area contributed by atoms with Crippen LogP contribution in [-0.4, -0.2) is 71.4 Å². The Balaban J connectivity index is 1.11. The lowest BCUT2D eigenvalue weighted by atomic mass is 10.0. The molecule has 0 saturated carbocycles. The largest absolute Gasteiger partial charge is 0.342 e. The van der Waals surface area contributed by atoms with E-state index in [0.717, 1.165) is 46.4 Å². The summed E-state index contributed by atoms with van der Waals surface area (Å²) >= 11 is 16.9. The van der Waals surface area contributed by atoms with Crippen molar-refractivity contribution in [3.63, 3.8) is 0 Å². The number of fused-ring (bicyclic) bond motifs is 8. The molecule has 0 spiro atoms. The van der Waals surface area contributed by atoms with Gasteiger partial charge in [-0.1, -0.05) is 48.0 Å². The Morgan fingerprint density at radius 1 is 0.800 bits per heavy atom. The summed E-state index contributed by atoms with van der Waals surface area (Å²) in [6.07, 6.45) is 11.3. The molecule has 45 heavy (non-hydrogen) atoms. The van der Waals surface area contributed by atoms with E-state index in [4.69, 9.17) is 29.2 Å². The van der Waals surface area contributed by atoms with Crippen molar-refractivity contribution in [2.45, 2.75) is 26.2 Å². The van der Waals surface area contributed by atoms with Gasteiger partial charge in [0, 0.05) is 40.1 Å². The molecule has 0 bridgehead atoms. The van der Waals surface area contributed by atoms with Gasteiger partial charge >= 0.3 is 0 Å². The van der Waals surface area contributed by atoms with Gasteiger partial charge in [-0.15, -0.1) is 22.7 Å². The number of amides is 3. The van der Waals surface area contributed by atoms with Crippen LogP contribution in [0.1, 0.15) is 44.5 Å². The van der Waals surface area contributed by atoms with Crippen LogP contribution in [0, 0.1) is 0 Å². The maximum Gasteiger partial charge on any atom is 0.266 e. The molecule has 3 saturated heterocycles. The molecule has 9 heterocycles. The van der Waals surface area contributed by atoms with Gasteiger partial charge in [-0.25, -0.2) is 0 Å². The van der Waals surface area contributed by atoms with Crippen LogP contribution in [0.15, 0.2) is 45.5 Å². The number of thiophene rings is 2. The van der Waals surface area contributed by atoms with Gasteiger partial charge in [0.2, 0.25) is 0 Å². The standard InChI is InChI=1S/C31H20N4O4S6/c1-3-32-26(36)18(45-30(32)40)12-16-10-14-6-8-35-22(25(14)43-16)20-19(27(35)37)21-24-13(5-7-34(21)28(20)38)9-15(42-24)11-17-23-29(39-23)33(4-2)31(41)44-17/h5-12,23,29H,3-4H2,1-2H3/b17-11-,18-12-. The topological polar surface area (TPSA) is 76.7 Å². The molecule has 7 aliphatic rings. The van der Waals surface area contributed by atoms with Crippen molar-refractivity contribution in [2.24, 2.45) is 0 Å². The molecule has 2 unspecified atom stereocenters. The Kier molecular flexibility index (Phi) is 6.22. The third-order valence-corrected chi connectivity index (χ3v) is 13.5. The number of nitrogens with zero attached hydrogens (tertiary/aromatic N) is 4. The molecule has 0 N–H and O–H groups in total. The molecule has 8 nitrogen and oxygen atoms in total. The van der Waals surface area contributed by atoms with Crippen molar-refractivity contribution in [3.8, 4) is 0 Å². The summed E-state index contributed by atoms with van der Waals surface area (Å²) < 4.78 is 7.28. The van der Waals surface area contributed by atoms with Gasteiger partial charge in [-0.3, -0.25) is 29.1 Å². The first-order valence-electron chi connectivity index (χ1n) is 14.2. The number of carbonyl (C=O) groups is 3. The quantitative estimate of drug-likeness (QED) is 0.209. The molecule has 14 heteroatoms. The number of carbonyl (C=O) groups excluding carboxylic acids is 3. The minimum Gasteiger partial charge on any atom is -0.342 e. The fourth-order valence-corrected chi connectivity index (χ4v) is 11.7. The Labute approximate surface area is 285 Å². The van der Waals surface area contributed by atoms with Crippen LogP contribution in [-0.2, 0) is 19.1 Å². The summed E-state index contributed by atoms with van der Waals surface area (Å²) in [7, 11) is 0. The lowest BCUT2D eigenvalue weighted by Crippen LogP contribution is -2.34. The van der Waals surface area contributed by atoms with Gasteiger partial charge in [0.1, 0.15) is 14.7 Å². The molecule has 3 fully saturated rings. The molecule has 0 aliphatic carbocycles. The van der Waals surface area contributed by atoms with Crippen molar-refractivity contribution in [2.75, 3.05) is 13.1 Å². The number of thiocarbonyl (C=S) groups is 2. The number of hydrogen-bond donors (Lipinski definition) is 0. The number of epoxide rings is 1. The van der Waals surface area contributed by atoms with Crippen molar-refractivity contribution >= 4 is 133 Å². The van der Waals surface area contributed by atoms with Crippen LogP contribution in [0.5, 0.6) is 0 Å². The molecule has 224 valence electrons. The normalized spacial score (nSPS) is 26.1. The summed E-state index contributed by atoms with van der Waals surface area (Å²) in [4.78, 5) is 52.9. The highest BCUT2D eigenvalue weighted by Gasteiger charge is 2.52. The van der Waals surface area contributed by atoms with Crippen LogP contribution >= 0.6 is 70.6 Å². The van der Waals surface area contributed by atoms with Gasteiger partial charge in [-0.05, 0) is 61.4 Å².